The molecule has 1 aromatic rings. The van der Waals surface area contributed by atoms with Crippen molar-refractivity contribution in [2.24, 2.45) is 17.8 Å². The predicted molar refractivity (Wildman–Crippen MR) is 174 cm³/mol. The Bertz CT molecular complexity index is 800. The summed E-state index contributed by atoms with van der Waals surface area (Å²) in [5.74, 6) is 2.99. The summed E-state index contributed by atoms with van der Waals surface area (Å²) in [5.41, 5.74) is 1.72. The van der Waals surface area contributed by atoms with Crippen molar-refractivity contribution in [1.82, 2.24) is 15.2 Å². The number of hydrogen-bond acceptors (Lipinski definition) is 9. The van der Waals surface area contributed by atoms with Crippen LogP contribution in [0.3, 0.4) is 0 Å². The van der Waals surface area contributed by atoms with Gasteiger partial charge in [-0.05, 0) is 80.0 Å². The summed E-state index contributed by atoms with van der Waals surface area (Å²) >= 11 is 0. The fourth-order valence-corrected chi connectivity index (χ4v) is 9.00. The van der Waals surface area contributed by atoms with E-state index in [1.807, 2.05) is 0 Å². The van der Waals surface area contributed by atoms with Crippen LogP contribution in [0.5, 0.6) is 0 Å². The minimum absolute atomic E-state index is 0. The van der Waals surface area contributed by atoms with Crippen molar-refractivity contribution in [2.45, 2.75) is 56.8 Å². The molecule has 4 aliphatic carbocycles. The van der Waals surface area contributed by atoms with E-state index in [2.05, 4.69) is 15.2 Å². The normalized spacial score (nSPS) is 34.7. The summed E-state index contributed by atoms with van der Waals surface area (Å²) in [5, 5.41) is 8.11. The van der Waals surface area contributed by atoms with Crippen LogP contribution < -0.4 is 66.3 Å². The molecule has 0 unspecified atom stereocenters. The molecule has 0 amide bonds. The van der Waals surface area contributed by atoms with E-state index in [9.17, 15) is 0 Å². The molecule has 264 valence electrons. The van der Waals surface area contributed by atoms with Crippen molar-refractivity contribution in [2.75, 3.05) is 132 Å². The van der Waals surface area contributed by atoms with E-state index < -0.39 is 0 Å². The molecule has 9 rings (SSSR count). The second kappa shape index (κ2) is 24.2. The van der Waals surface area contributed by atoms with Gasteiger partial charge in [-0.25, -0.2) is 0 Å². The van der Waals surface area contributed by atoms with Gasteiger partial charge in [-0.3, -0.25) is 5.21 Å². The van der Waals surface area contributed by atoms with E-state index in [0.717, 1.165) is 118 Å². The SMILES string of the molecule is C1C2CC3CC1CC(c1[n-]nnp1)(C2)C3.C1CCOC1.C1COCC[NH+]2CCOCCOCC[NH+](CCO1)CCOCCOCC2.[K+]. The van der Waals surface area contributed by atoms with Crippen molar-refractivity contribution >= 4 is 8.35 Å². The van der Waals surface area contributed by atoms with Crippen molar-refractivity contribution in [3.8, 4) is 0 Å². The predicted octanol–water partition coefficient (Wildman–Crippen LogP) is -2.83. The minimum atomic E-state index is 0. The Morgan fingerprint density at radius 1 is 0.511 bits per heavy atom. The van der Waals surface area contributed by atoms with Crippen LogP contribution in [0.2, 0.25) is 0 Å². The molecule has 0 aromatic carbocycles. The molecule has 5 heterocycles. The first kappa shape index (κ1) is 40.6. The van der Waals surface area contributed by atoms with Gasteiger partial charge in [0.2, 0.25) is 0 Å². The fraction of sp³-hybridized carbons (Fsp3) is 0.970. The third kappa shape index (κ3) is 15.2. The third-order valence-electron chi connectivity index (χ3n) is 10.4. The summed E-state index contributed by atoms with van der Waals surface area (Å²) in [4.78, 5) is 6.89. The zero-order chi connectivity index (χ0) is 31.5. The molecule has 6 bridgehead atoms. The summed E-state index contributed by atoms with van der Waals surface area (Å²) in [6, 6.07) is 0. The van der Waals surface area contributed by atoms with Crippen LogP contribution in [0.4, 0.5) is 0 Å². The zero-order valence-corrected chi connectivity index (χ0v) is 33.2. The molecule has 47 heavy (non-hydrogen) atoms. The van der Waals surface area contributed by atoms with Gasteiger partial charge in [0.15, 0.2) is 0 Å². The fourth-order valence-electron chi connectivity index (χ4n) is 8.27. The maximum Gasteiger partial charge on any atom is 1.00 e. The molecule has 4 saturated heterocycles. The van der Waals surface area contributed by atoms with Crippen LogP contribution in [0.25, 0.3) is 0 Å². The average Bonchev–Trinajstić information content (AvgIpc) is 3.81. The number of quaternary nitrogens is 2. The monoisotopic (exact) mass is 709 g/mol. The molecular formula is C33H61KN5O7P+2. The van der Waals surface area contributed by atoms with Crippen LogP contribution >= 0.6 is 8.35 Å². The average molecular weight is 710 g/mol. The van der Waals surface area contributed by atoms with E-state index in [1.165, 1.54) is 66.6 Å². The van der Waals surface area contributed by atoms with Gasteiger partial charge in [-0.1, -0.05) is 8.35 Å². The molecule has 4 aliphatic heterocycles. The number of nitrogens with zero attached hydrogens (tertiary/aromatic N) is 3. The first-order valence-corrected chi connectivity index (χ1v) is 19.0. The molecule has 0 radical (unpaired) electrons. The summed E-state index contributed by atoms with van der Waals surface area (Å²) in [6.45, 7) is 16.1. The minimum Gasteiger partial charge on any atom is -0.381 e. The Morgan fingerprint density at radius 2 is 0.851 bits per heavy atom. The summed E-state index contributed by atoms with van der Waals surface area (Å²) in [6.07, 6.45) is 11.2. The van der Waals surface area contributed by atoms with Crippen LogP contribution in [0.15, 0.2) is 0 Å². The van der Waals surface area contributed by atoms with E-state index in [0.29, 0.717) is 45.1 Å². The molecule has 0 spiro atoms. The number of nitrogens with one attached hydrogen (secondary N) is 2. The van der Waals surface area contributed by atoms with Gasteiger partial charge >= 0.3 is 51.4 Å². The van der Waals surface area contributed by atoms with Crippen LogP contribution in [0.1, 0.15) is 56.8 Å². The molecule has 4 saturated carbocycles. The van der Waals surface area contributed by atoms with Gasteiger partial charge < -0.3 is 52.9 Å². The number of ether oxygens (including phenoxy) is 7. The van der Waals surface area contributed by atoms with Gasteiger partial charge in [0.1, 0.15) is 39.3 Å². The first-order chi connectivity index (χ1) is 22.8. The molecule has 8 fully saturated rings. The Hall–Kier alpha value is 0.846. The molecular weight excluding hydrogens is 648 g/mol. The van der Waals surface area contributed by atoms with Crippen molar-refractivity contribution < 1.29 is 94.3 Å². The largest absolute Gasteiger partial charge is 1.00 e. The Balaban J connectivity index is 0.000000197. The Kier molecular flexibility index (Phi) is 20.9. The molecule has 14 heteroatoms. The van der Waals surface area contributed by atoms with E-state index in [4.69, 9.17) is 33.2 Å². The maximum atomic E-state index is 5.73. The first-order valence-electron chi connectivity index (χ1n) is 18.2. The molecule has 1 aromatic heterocycles. The van der Waals surface area contributed by atoms with Crippen LogP contribution in [-0.2, 0) is 38.6 Å². The van der Waals surface area contributed by atoms with Crippen LogP contribution in [-0.4, -0.2) is 142 Å². The van der Waals surface area contributed by atoms with Crippen molar-refractivity contribution in [1.29, 1.82) is 0 Å². The molecule has 8 aliphatic rings. The quantitative estimate of drug-likeness (QED) is 0.296. The second-order valence-corrected chi connectivity index (χ2v) is 14.7. The number of rotatable bonds is 1. The molecule has 12 nitrogen and oxygen atoms in total. The number of fused-ring (bicyclic) bond motifs is 21. The molecule has 0 atom stereocenters. The Morgan fingerprint density at radius 3 is 1.13 bits per heavy atom. The van der Waals surface area contributed by atoms with E-state index in [1.54, 1.807) is 0 Å². The zero-order valence-electron chi connectivity index (χ0n) is 29.2. The summed E-state index contributed by atoms with van der Waals surface area (Å²) in [7, 11) is 1.04. The maximum absolute atomic E-state index is 5.73. The summed E-state index contributed by atoms with van der Waals surface area (Å²) < 4.78 is 39.3. The second-order valence-electron chi connectivity index (χ2n) is 13.9. The van der Waals surface area contributed by atoms with Crippen molar-refractivity contribution in [3.63, 3.8) is 0 Å². The Labute approximate surface area is 326 Å². The topological polar surface area (TPSA) is 113 Å². The van der Waals surface area contributed by atoms with E-state index in [-0.39, 0.29) is 51.4 Å². The number of hydrogen-bond donors (Lipinski definition) is 2. The van der Waals surface area contributed by atoms with Gasteiger partial charge in [-0.15, -0.1) is 0 Å². The van der Waals surface area contributed by atoms with Gasteiger partial charge in [-0.2, -0.15) is 0 Å². The number of aromatic nitrogens is 3. The molecule has 2 N–H and O–H groups in total. The van der Waals surface area contributed by atoms with E-state index >= 15 is 0 Å². The smallest absolute Gasteiger partial charge is 0.381 e. The standard InChI is InChI=1S/C18H36N2O6.C11H15N3P.C4H8O.K/c1-7-21-13-14-24-10-4-20-5-11-25-17-15-22-8-2-19(1)3-9-23-16-18-26-12-6-20;1-7-2-9-3-8(1)5-11(4-7,6-9)10-12-13-14-15-10;1-2-4-5-3-1;/h1-18H2;7-9H,1-6H2;1-4H2;/q;-1;;+1/p+2. The third-order valence-corrected chi connectivity index (χ3v) is 11.3. The van der Waals surface area contributed by atoms with Gasteiger partial charge in [0.05, 0.1) is 79.3 Å². The van der Waals surface area contributed by atoms with Crippen molar-refractivity contribution in [3.05, 3.63) is 5.43 Å². The van der Waals surface area contributed by atoms with Gasteiger partial charge in [0.25, 0.3) is 0 Å². The van der Waals surface area contributed by atoms with Gasteiger partial charge in [0, 0.05) is 13.2 Å². The van der Waals surface area contributed by atoms with Crippen LogP contribution in [0, 0.1) is 17.8 Å².